The third kappa shape index (κ3) is 2.72. The number of nitrogens with zero attached hydrogens (tertiary/aromatic N) is 2. The maximum atomic E-state index is 5.87. The van der Waals surface area contributed by atoms with Crippen LogP contribution in [0.3, 0.4) is 0 Å². The first kappa shape index (κ1) is 13.2. The Morgan fingerprint density at radius 2 is 2.10 bits per heavy atom. The van der Waals surface area contributed by atoms with E-state index in [2.05, 4.69) is 35.9 Å². The molecule has 20 heavy (non-hydrogen) atoms. The summed E-state index contributed by atoms with van der Waals surface area (Å²) in [5.41, 5.74) is 8.96. The van der Waals surface area contributed by atoms with Gasteiger partial charge in [0.25, 0.3) is 0 Å². The molecular formula is C17H23N3. The number of pyridine rings is 1. The first-order chi connectivity index (χ1) is 9.65. The highest BCUT2D eigenvalue weighted by Gasteiger charge is 2.29. The van der Waals surface area contributed by atoms with Gasteiger partial charge in [-0.2, -0.15) is 0 Å². The molecule has 0 radical (unpaired) electrons. The summed E-state index contributed by atoms with van der Waals surface area (Å²) in [6.45, 7) is 5.71. The van der Waals surface area contributed by atoms with Gasteiger partial charge in [0.2, 0.25) is 0 Å². The standard InChI is InChI=1S/C17H23N3/c1-12(2)8-10-20(14-4-5-14)17-7-9-19-16-11-13(18)3-6-15(16)17/h3,6-7,9,11-12,14H,4-5,8,10,18H2,1-2H3. The number of rotatable bonds is 5. The summed E-state index contributed by atoms with van der Waals surface area (Å²) in [6.07, 6.45) is 5.77. The zero-order chi connectivity index (χ0) is 14.1. The number of benzene rings is 1. The van der Waals surface area contributed by atoms with Crippen LogP contribution in [-0.2, 0) is 0 Å². The summed E-state index contributed by atoms with van der Waals surface area (Å²) < 4.78 is 0. The molecule has 3 heteroatoms. The highest BCUT2D eigenvalue weighted by Crippen LogP contribution is 2.36. The van der Waals surface area contributed by atoms with E-state index in [9.17, 15) is 0 Å². The van der Waals surface area contributed by atoms with E-state index >= 15 is 0 Å². The van der Waals surface area contributed by atoms with Crippen molar-refractivity contribution in [3.05, 3.63) is 30.5 Å². The van der Waals surface area contributed by atoms with Crippen molar-refractivity contribution in [2.75, 3.05) is 17.2 Å². The number of anilines is 2. The van der Waals surface area contributed by atoms with Crippen molar-refractivity contribution in [1.29, 1.82) is 0 Å². The first-order valence-corrected chi connectivity index (χ1v) is 7.56. The van der Waals surface area contributed by atoms with Crippen LogP contribution >= 0.6 is 0 Å². The molecule has 1 heterocycles. The van der Waals surface area contributed by atoms with Gasteiger partial charge in [-0.15, -0.1) is 0 Å². The van der Waals surface area contributed by atoms with Crippen molar-refractivity contribution in [2.24, 2.45) is 5.92 Å². The van der Waals surface area contributed by atoms with Crippen LogP contribution in [0.4, 0.5) is 11.4 Å². The van der Waals surface area contributed by atoms with Crippen molar-refractivity contribution in [1.82, 2.24) is 4.98 Å². The van der Waals surface area contributed by atoms with Crippen LogP contribution in [0, 0.1) is 5.92 Å². The summed E-state index contributed by atoms with van der Waals surface area (Å²) >= 11 is 0. The number of aromatic nitrogens is 1. The van der Waals surface area contributed by atoms with Crippen molar-refractivity contribution in [3.8, 4) is 0 Å². The minimum absolute atomic E-state index is 0.719. The molecule has 1 aromatic carbocycles. The van der Waals surface area contributed by atoms with Gasteiger partial charge in [0.15, 0.2) is 0 Å². The zero-order valence-corrected chi connectivity index (χ0v) is 12.3. The predicted octanol–water partition coefficient (Wildman–Crippen LogP) is 3.83. The maximum Gasteiger partial charge on any atom is 0.0743 e. The highest BCUT2D eigenvalue weighted by atomic mass is 15.2. The number of nitrogens with two attached hydrogens (primary N) is 1. The molecule has 3 nitrogen and oxygen atoms in total. The van der Waals surface area contributed by atoms with Gasteiger partial charge in [-0.1, -0.05) is 13.8 Å². The summed E-state index contributed by atoms with van der Waals surface area (Å²) in [5.74, 6) is 0.736. The number of fused-ring (bicyclic) bond motifs is 1. The lowest BCUT2D eigenvalue weighted by Crippen LogP contribution is -2.28. The van der Waals surface area contributed by atoms with Crippen LogP contribution in [0.1, 0.15) is 33.1 Å². The smallest absolute Gasteiger partial charge is 0.0743 e. The molecule has 0 aliphatic heterocycles. The highest BCUT2D eigenvalue weighted by molar-refractivity contribution is 5.93. The average molecular weight is 269 g/mol. The SMILES string of the molecule is CC(C)CCN(c1ccnc2cc(N)ccc12)C1CC1. The molecule has 1 aliphatic rings. The molecule has 3 rings (SSSR count). The molecule has 0 atom stereocenters. The third-order valence-corrected chi connectivity index (χ3v) is 3.99. The van der Waals surface area contributed by atoms with E-state index in [0.29, 0.717) is 0 Å². The molecule has 0 saturated heterocycles. The van der Waals surface area contributed by atoms with Crippen LogP contribution < -0.4 is 10.6 Å². The number of nitrogen functional groups attached to an aromatic ring is 1. The Morgan fingerprint density at radius 3 is 2.80 bits per heavy atom. The van der Waals surface area contributed by atoms with Crippen molar-refractivity contribution in [3.63, 3.8) is 0 Å². The van der Waals surface area contributed by atoms with Crippen LogP contribution in [0.25, 0.3) is 10.9 Å². The molecule has 106 valence electrons. The second kappa shape index (κ2) is 5.31. The lowest BCUT2D eigenvalue weighted by molar-refractivity contribution is 0.571. The van der Waals surface area contributed by atoms with Crippen molar-refractivity contribution < 1.29 is 0 Å². The second-order valence-electron chi connectivity index (χ2n) is 6.21. The summed E-state index contributed by atoms with van der Waals surface area (Å²) in [5, 5.41) is 1.22. The molecule has 1 aromatic heterocycles. The van der Waals surface area contributed by atoms with Crippen molar-refractivity contribution >= 4 is 22.3 Å². The molecule has 0 amide bonds. The van der Waals surface area contributed by atoms with Gasteiger partial charge in [0.1, 0.15) is 0 Å². The Balaban J connectivity index is 1.97. The van der Waals surface area contributed by atoms with Gasteiger partial charge in [0.05, 0.1) is 5.52 Å². The topological polar surface area (TPSA) is 42.2 Å². The normalized spacial score (nSPS) is 14.9. The van der Waals surface area contributed by atoms with Crippen LogP contribution in [0.5, 0.6) is 0 Å². The lowest BCUT2D eigenvalue weighted by Gasteiger charge is -2.27. The second-order valence-corrected chi connectivity index (χ2v) is 6.21. The first-order valence-electron chi connectivity index (χ1n) is 7.56. The molecule has 0 unspecified atom stereocenters. The van der Waals surface area contributed by atoms with E-state index in [1.165, 1.54) is 30.3 Å². The fraction of sp³-hybridized carbons (Fsp3) is 0.471. The molecule has 0 bridgehead atoms. The van der Waals surface area contributed by atoms with E-state index < -0.39 is 0 Å². The molecule has 1 aliphatic carbocycles. The Hall–Kier alpha value is -1.77. The Labute approximate surface area is 120 Å². The van der Waals surface area contributed by atoms with Crippen molar-refractivity contribution in [2.45, 2.75) is 39.2 Å². The molecule has 1 saturated carbocycles. The van der Waals surface area contributed by atoms with E-state index in [1.54, 1.807) is 0 Å². The quantitative estimate of drug-likeness (QED) is 0.839. The maximum absolute atomic E-state index is 5.87. The van der Waals surface area contributed by atoms with Crippen LogP contribution in [-0.4, -0.2) is 17.6 Å². The van der Waals surface area contributed by atoms with E-state index in [1.807, 2.05) is 18.3 Å². The van der Waals surface area contributed by atoms with Gasteiger partial charge in [-0.3, -0.25) is 4.98 Å². The van der Waals surface area contributed by atoms with E-state index in [4.69, 9.17) is 5.73 Å². The molecule has 1 fully saturated rings. The molecular weight excluding hydrogens is 246 g/mol. The Morgan fingerprint density at radius 1 is 1.30 bits per heavy atom. The minimum atomic E-state index is 0.719. The van der Waals surface area contributed by atoms with Gasteiger partial charge >= 0.3 is 0 Å². The third-order valence-electron chi connectivity index (χ3n) is 3.99. The minimum Gasteiger partial charge on any atom is -0.399 e. The van der Waals surface area contributed by atoms with Gasteiger partial charge in [0, 0.05) is 35.5 Å². The van der Waals surface area contributed by atoms with Gasteiger partial charge in [-0.25, -0.2) is 0 Å². The number of hydrogen-bond donors (Lipinski definition) is 1. The summed E-state index contributed by atoms with van der Waals surface area (Å²) in [6, 6.07) is 8.92. The predicted molar refractivity (Wildman–Crippen MR) is 86.0 cm³/mol. The zero-order valence-electron chi connectivity index (χ0n) is 12.3. The van der Waals surface area contributed by atoms with Gasteiger partial charge in [-0.05, 0) is 49.4 Å². The van der Waals surface area contributed by atoms with E-state index in [0.717, 1.165) is 29.7 Å². The molecule has 0 spiro atoms. The lowest BCUT2D eigenvalue weighted by atomic mass is 10.1. The van der Waals surface area contributed by atoms with E-state index in [-0.39, 0.29) is 0 Å². The summed E-state index contributed by atoms with van der Waals surface area (Å²) in [4.78, 5) is 7.02. The van der Waals surface area contributed by atoms with Gasteiger partial charge < -0.3 is 10.6 Å². The van der Waals surface area contributed by atoms with Crippen LogP contribution in [0.15, 0.2) is 30.5 Å². The summed E-state index contributed by atoms with van der Waals surface area (Å²) in [7, 11) is 0. The average Bonchev–Trinajstić information content (AvgIpc) is 3.23. The Bertz CT molecular complexity index is 602. The fourth-order valence-electron chi connectivity index (χ4n) is 2.68. The molecule has 2 N–H and O–H groups in total. The monoisotopic (exact) mass is 269 g/mol. The largest absolute Gasteiger partial charge is 0.399 e. The Kier molecular flexibility index (Phi) is 3.51. The molecule has 2 aromatic rings. The van der Waals surface area contributed by atoms with Crippen LogP contribution in [0.2, 0.25) is 0 Å². The number of hydrogen-bond acceptors (Lipinski definition) is 3. The fourth-order valence-corrected chi connectivity index (χ4v) is 2.68.